The van der Waals surface area contributed by atoms with Crippen LogP contribution in [0.15, 0.2) is 65.6 Å². The second-order valence-corrected chi connectivity index (χ2v) is 8.86. The van der Waals surface area contributed by atoms with Crippen LogP contribution in [-0.4, -0.2) is 21.4 Å². The molecule has 0 aliphatic heterocycles. The predicted octanol–water partition coefficient (Wildman–Crippen LogP) is 4.57. The Morgan fingerprint density at radius 2 is 1.69 bits per heavy atom. The quantitative estimate of drug-likeness (QED) is 0.541. The van der Waals surface area contributed by atoms with Gasteiger partial charge in [0.25, 0.3) is 15.9 Å². The molecule has 32 heavy (non-hydrogen) atoms. The van der Waals surface area contributed by atoms with Crippen LogP contribution >= 0.6 is 0 Å². The number of nitrogens with one attached hydrogen (secondary N) is 2. The van der Waals surface area contributed by atoms with E-state index in [1.165, 1.54) is 49.6 Å². The molecule has 1 unspecified atom stereocenters. The molecular weight excluding hydrogens is 438 g/mol. The van der Waals surface area contributed by atoms with Crippen molar-refractivity contribution < 1.29 is 26.7 Å². The Bertz CT molecular complexity index is 1250. The Labute approximate surface area is 185 Å². The number of carbonyl (C=O) groups excluding carboxylic acids is 1. The van der Waals surface area contributed by atoms with Gasteiger partial charge in [-0.1, -0.05) is 12.1 Å². The molecule has 2 N–H and O–H groups in total. The van der Waals surface area contributed by atoms with E-state index in [2.05, 4.69) is 10.0 Å². The van der Waals surface area contributed by atoms with Crippen LogP contribution in [0.2, 0.25) is 0 Å². The molecule has 0 saturated heterocycles. The minimum atomic E-state index is -4.01. The van der Waals surface area contributed by atoms with Crippen LogP contribution in [0.4, 0.5) is 14.5 Å². The van der Waals surface area contributed by atoms with Crippen LogP contribution in [0, 0.1) is 18.6 Å². The fraction of sp³-hybridized carbons (Fsp3) is 0.174. The maximum atomic E-state index is 14.0. The highest BCUT2D eigenvalue weighted by atomic mass is 32.2. The van der Waals surface area contributed by atoms with Gasteiger partial charge in [-0.15, -0.1) is 0 Å². The number of benzene rings is 3. The van der Waals surface area contributed by atoms with Crippen molar-refractivity contribution in [3.05, 3.63) is 89.0 Å². The van der Waals surface area contributed by atoms with Crippen LogP contribution in [0.25, 0.3) is 0 Å². The highest BCUT2D eigenvalue weighted by molar-refractivity contribution is 7.92. The fourth-order valence-electron chi connectivity index (χ4n) is 3.05. The van der Waals surface area contributed by atoms with Crippen molar-refractivity contribution in [3.63, 3.8) is 0 Å². The third-order valence-corrected chi connectivity index (χ3v) is 6.26. The molecule has 3 aromatic rings. The first-order valence-corrected chi connectivity index (χ1v) is 11.1. The summed E-state index contributed by atoms with van der Waals surface area (Å²) in [7, 11) is -2.65. The Kier molecular flexibility index (Phi) is 6.78. The second kappa shape index (κ2) is 9.35. The standard InChI is InChI=1S/C23H22F2N2O4S/c1-14-4-10-19(32(29,30)27-18-8-6-17(24)7-9-18)13-20(14)23(28)26-15(2)16-5-11-22(31-3)21(25)12-16/h4-13,15,27H,1-3H3,(H,26,28). The zero-order valence-electron chi connectivity index (χ0n) is 17.6. The normalized spacial score (nSPS) is 12.2. The molecule has 0 heterocycles. The van der Waals surface area contributed by atoms with Gasteiger partial charge in [-0.2, -0.15) is 0 Å². The summed E-state index contributed by atoms with van der Waals surface area (Å²) < 4.78 is 59.8. The monoisotopic (exact) mass is 460 g/mol. The summed E-state index contributed by atoms with van der Waals surface area (Å²) in [6, 6.07) is 12.8. The van der Waals surface area contributed by atoms with Crippen LogP contribution in [0.1, 0.15) is 34.5 Å². The van der Waals surface area contributed by atoms with Gasteiger partial charge in [0.2, 0.25) is 0 Å². The third-order valence-electron chi connectivity index (χ3n) is 4.88. The van der Waals surface area contributed by atoms with Gasteiger partial charge in [0.1, 0.15) is 5.82 Å². The van der Waals surface area contributed by atoms with Crippen LogP contribution in [0.5, 0.6) is 5.75 Å². The molecule has 168 valence electrons. The van der Waals surface area contributed by atoms with Gasteiger partial charge >= 0.3 is 0 Å². The zero-order valence-corrected chi connectivity index (χ0v) is 18.5. The fourth-order valence-corrected chi connectivity index (χ4v) is 4.14. The Morgan fingerprint density at radius 3 is 2.31 bits per heavy atom. The van der Waals surface area contributed by atoms with Gasteiger partial charge in [0.15, 0.2) is 11.6 Å². The van der Waals surface area contributed by atoms with Crippen molar-refractivity contribution in [2.24, 2.45) is 0 Å². The molecule has 0 spiro atoms. The van der Waals surface area contributed by atoms with Crippen LogP contribution < -0.4 is 14.8 Å². The molecule has 0 radical (unpaired) electrons. The lowest BCUT2D eigenvalue weighted by molar-refractivity contribution is 0.0939. The molecular formula is C23H22F2N2O4S. The summed E-state index contributed by atoms with van der Waals surface area (Å²) in [6.45, 7) is 3.36. The number of hydrogen-bond donors (Lipinski definition) is 2. The van der Waals surface area contributed by atoms with E-state index in [-0.39, 0.29) is 21.9 Å². The van der Waals surface area contributed by atoms with Gasteiger partial charge < -0.3 is 10.1 Å². The molecule has 0 bridgehead atoms. The number of amides is 1. The molecule has 6 nitrogen and oxygen atoms in total. The number of methoxy groups -OCH3 is 1. The van der Waals surface area contributed by atoms with Gasteiger partial charge in [-0.05, 0) is 73.5 Å². The first-order chi connectivity index (χ1) is 15.1. The highest BCUT2D eigenvalue weighted by Gasteiger charge is 2.20. The number of ether oxygens (including phenoxy) is 1. The summed E-state index contributed by atoms with van der Waals surface area (Å²) in [5, 5.41) is 2.75. The smallest absolute Gasteiger partial charge is 0.261 e. The third kappa shape index (κ3) is 5.23. The lowest BCUT2D eigenvalue weighted by Gasteiger charge is -2.17. The lowest BCUT2D eigenvalue weighted by Crippen LogP contribution is -2.27. The van der Waals surface area contributed by atoms with E-state index in [0.29, 0.717) is 11.1 Å². The number of carbonyl (C=O) groups is 1. The molecule has 3 rings (SSSR count). The van der Waals surface area contributed by atoms with Gasteiger partial charge in [0.05, 0.1) is 18.0 Å². The van der Waals surface area contributed by atoms with Crippen molar-refractivity contribution in [3.8, 4) is 5.75 Å². The Balaban J connectivity index is 1.82. The van der Waals surface area contributed by atoms with Gasteiger partial charge in [-0.25, -0.2) is 17.2 Å². The lowest BCUT2D eigenvalue weighted by atomic mass is 10.1. The van der Waals surface area contributed by atoms with E-state index in [1.807, 2.05) is 0 Å². The number of hydrogen-bond acceptors (Lipinski definition) is 4. The molecule has 0 aromatic heterocycles. The first kappa shape index (κ1) is 23.2. The molecule has 0 fully saturated rings. The molecule has 1 atom stereocenters. The molecule has 0 aliphatic rings. The van der Waals surface area contributed by atoms with Crippen molar-refractivity contribution in [2.45, 2.75) is 24.8 Å². The second-order valence-electron chi connectivity index (χ2n) is 7.18. The summed E-state index contributed by atoms with van der Waals surface area (Å²) >= 11 is 0. The van der Waals surface area contributed by atoms with Crippen LogP contribution in [0.3, 0.4) is 0 Å². The highest BCUT2D eigenvalue weighted by Crippen LogP contribution is 2.23. The molecule has 0 saturated carbocycles. The number of halogens is 2. The molecule has 1 amide bonds. The van der Waals surface area contributed by atoms with E-state index in [0.717, 1.165) is 12.1 Å². The van der Waals surface area contributed by atoms with Crippen molar-refractivity contribution in [1.29, 1.82) is 0 Å². The molecule has 0 aliphatic carbocycles. The Hall–Kier alpha value is -3.46. The SMILES string of the molecule is COc1ccc(C(C)NC(=O)c2cc(S(=O)(=O)Nc3ccc(F)cc3)ccc2C)cc1F. The largest absolute Gasteiger partial charge is 0.494 e. The van der Waals surface area contributed by atoms with E-state index < -0.39 is 33.6 Å². The van der Waals surface area contributed by atoms with E-state index in [4.69, 9.17) is 4.74 Å². The van der Waals surface area contributed by atoms with Gasteiger partial charge in [0, 0.05) is 11.3 Å². The zero-order chi connectivity index (χ0) is 23.5. The van der Waals surface area contributed by atoms with Crippen molar-refractivity contribution in [1.82, 2.24) is 5.32 Å². The topological polar surface area (TPSA) is 84.5 Å². The summed E-state index contributed by atoms with van der Waals surface area (Å²) in [6.07, 6.45) is 0. The maximum Gasteiger partial charge on any atom is 0.261 e. The first-order valence-electron chi connectivity index (χ1n) is 9.64. The van der Waals surface area contributed by atoms with E-state index in [9.17, 15) is 22.0 Å². The minimum Gasteiger partial charge on any atom is -0.494 e. The molecule has 3 aromatic carbocycles. The number of sulfonamides is 1. The molecule has 9 heteroatoms. The number of rotatable bonds is 7. The van der Waals surface area contributed by atoms with E-state index in [1.54, 1.807) is 19.9 Å². The average Bonchev–Trinajstić information content (AvgIpc) is 2.75. The Morgan fingerprint density at radius 1 is 1.00 bits per heavy atom. The van der Waals surface area contributed by atoms with Crippen molar-refractivity contribution in [2.75, 3.05) is 11.8 Å². The van der Waals surface area contributed by atoms with E-state index >= 15 is 0 Å². The summed E-state index contributed by atoms with van der Waals surface area (Å²) in [5.41, 5.74) is 1.44. The van der Waals surface area contributed by atoms with Crippen LogP contribution in [-0.2, 0) is 10.0 Å². The minimum absolute atomic E-state index is 0.0923. The maximum absolute atomic E-state index is 14.0. The number of aryl methyl sites for hydroxylation is 1. The average molecular weight is 461 g/mol. The van der Waals surface area contributed by atoms with Crippen molar-refractivity contribution >= 4 is 21.6 Å². The van der Waals surface area contributed by atoms with Gasteiger partial charge in [-0.3, -0.25) is 9.52 Å². The summed E-state index contributed by atoms with van der Waals surface area (Å²) in [4.78, 5) is 12.7. The summed E-state index contributed by atoms with van der Waals surface area (Å²) in [5.74, 6) is -1.46. The number of anilines is 1. The predicted molar refractivity (Wildman–Crippen MR) is 117 cm³/mol.